The molecule has 0 radical (unpaired) electrons. The molecule has 0 saturated heterocycles. The largest absolute Gasteiger partial charge is 0.497 e. The predicted molar refractivity (Wildman–Crippen MR) is 63.4 cm³/mol. The van der Waals surface area contributed by atoms with Crippen molar-refractivity contribution in [1.29, 1.82) is 0 Å². The molecular formula is C14H12F2O2. The molecule has 0 bridgehead atoms. The molecule has 2 aromatic rings. The number of hydrogen-bond acceptors (Lipinski definition) is 2. The Labute approximate surface area is 103 Å². The topological polar surface area (TPSA) is 29.5 Å². The second kappa shape index (κ2) is 5.14. The molecule has 2 aromatic carbocycles. The molecule has 2 nitrogen and oxygen atoms in total. The average molecular weight is 250 g/mol. The molecular weight excluding hydrogens is 238 g/mol. The Morgan fingerprint density at radius 1 is 0.944 bits per heavy atom. The summed E-state index contributed by atoms with van der Waals surface area (Å²) in [6.07, 6.45) is -1.07. The van der Waals surface area contributed by atoms with Crippen molar-refractivity contribution >= 4 is 0 Å². The van der Waals surface area contributed by atoms with E-state index in [1.165, 1.54) is 7.11 Å². The molecule has 1 N–H and O–H groups in total. The molecule has 0 saturated carbocycles. The molecule has 0 amide bonds. The highest BCUT2D eigenvalue weighted by Crippen LogP contribution is 2.25. The minimum Gasteiger partial charge on any atom is -0.497 e. The second-order valence-corrected chi connectivity index (χ2v) is 3.88. The van der Waals surface area contributed by atoms with Crippen LogP contribution < -0.4 is 4.74 Å². The highest BCUT2D eigenvalue weighted by Gasteiger charge is 2.12. The van der Waals surface area contributed by atoms with Crippen molar-refractivity contribution in [1.82, 2.24) is 0 Å². The Morgan fingerprint density at radius 2 is 1.50 bits per heavy atom. The molecule has 94 valence electrons. The number of aliphatic hydroxyl groups is 1. The van der Waals surface area contributed by atoms with E-state index >= 15 is 0 Å². The third-order valence-electron chi connectivity index (χ3n) is 2.63. The van der Waals surface area contributed by atoms with Crippen molar-refractivity contribution in [2.45, 2.75) is 6.10 Å². The fourth-order valence-corrected chi connectivity index (χ4v) is 1.71. The molecule has 0 spiro atoms. The molecule has 18 heavy (non-hydrogen) atoms. The van der Waals surface area contributed by atoms with Gasteiger partial charge in [-0.15, -0.1) is 0 Å². The smallest absolute Gasteiger partial charge is 0.126 e. The summed E-state index contributed by atoms with van der Waals surface area (Å²) in [5.41, 5.74) is 0.721. The Hall–Kier alpha value is -1.94. The standard InChI is InChI=1S/C14H12F2O2/c1-18-13-4-2-9(3-5-13)14(17)10-6-11(15)8-12(16)7-10/h2-8,14,17H,1H3. The van der Waals surface area contributed by atoms with Crippen LogP contribution in [0.5, 0.6) is 5.75 Å². The summed E-state index contributed by atoms with van der Waals surface area (Å²) < 4.78 is 31.1. The highest BCUT2D eigenvalue weighted by molar-refractivity contribution is 5.34. The van der Waals surface area contributed by atoms with Crippen molar-refractivity contribution in [2.24, 2.45) is 0 Å². The monoisotopic (exact) mass is 250 g/mol. The zero-order valence-corrected chi connectivity index (χ0v) is 9.73. The van der Waals surface area contributed by atoms with Gasteiger partial charge in [-0.1, -0.05) is 12.1 Å². The van der Waals surface area contributed by atoms with Crippen LogP contribution in [0.15, 0.2) is 42.5 Å². The molecule has 0 aliphatic carbocycles. The van der Waals surface area contributed by atoms with E-state index in [9.17, 15) is 13.9 Å². The van der Waals surface area contributed by atoms with Crippen LogP contribution in [0.1, 0.15) is 17.2 Å². The van der Waals surface area contributed by atoms with Gasteiger partial charge in [-0.2, -0.15) is 0 Å². The lowest BCUT2D eigenvalue weighted by molar-refractivity contribution is 0.219. The van der Waals surface area contributed by atoms with E-state index in [1.54, 1.807) is 24.3 Å². The van der Waals surface area contributed by atoms with Crippen LogP contribution >= 0.6 is 0 Å². The van der Waals surface area contributed by atoms with E-state index in [0.717, 1.165) is 18.2 Å². The lowest BCUT2D eigenvalue weighted by Crippen LogP contribution is -2.01. The Kier molecular flexibility index (Phi) is 3.58. The van der Waals surface area contributed by atoms with E-state index in [1.807, 2.05) is 0 Å². The van der Waals surface area contributed by atoms with E-state index in [4.69, 9.17) is 4.74 Å². The first kappa shape index (κ1) is 12.5. The molecule has 0 aliphatic heterocycles. The first-order valence-electron chi connectivity index (χ1n) is 5.38. The van der Waals surface area contributed by atoms with Gasteiger partial charge in [0.05, 0.1) is 7.11 Å². The van der Waals surface area contributed by atoms with Gasteiger partial charge in [0.1, 0.15) is 23.5 Å². The first-order valence-corrected chi connectivity index (χ1v) is 5.38. The third-order valence-corrected chi connectivity index (χ3v) is 2.63. The maximum atomic E-state index is 13.1. The predicted octanol–water partition coefficient (Wildman–Crippen LogP) is 3.06. The molecule has 0 aromatic heterocycles. The van der Waals surface area contributed by atoms with Crippen molar-refractivity contribution in [3.05, 3.63) is 65.2 Å². The Morgan fingerprint density at radius 3 is 2.00 bits per heavy atom. The lowest BCUT2D eigenvalue weighted by atomic mass is 10.0. The summed E-state index contributed by atoms with van der Waals surface area (Å²) in [6.45, 7) is 0. The summed E-state index contributed by atoms with van der Waals surface area (Å²) in [7, 11) is 1.54. The minimum absolute atomic E-state index is 0.178. The number of aliphatic hydroxyl groups excluding tert-OH is 1. The Bertz CT molecular complexity index is 518. The maximum absolute atomic E-state index is 13.1. The van der Waals surface area contributed by atoms with Gasteiger partial charge in [-0.25, -0.2) is 8.78 Å². The zero-order chi connectivity index (χ0) is 13.1. The van der Waals surface area contributed by atoms with Gasteiger partial charge >= 0.3 is 0 Å². The van der Waals surface area contributed by atoms with Crippen molar-refractivity contribution in [2.75, 3.05) is 7.11 Å². The van der Waals surface area contributed by atoms with Crippen molar-refractivity contribution in [3.63, 3.8) is 0 Å². The van der Waals surface area contributed by atoms with Crippen molar-refractivity contribution < 1.29 is 18.6 Å². The van der Waals surface area contributed by atoms with Crippen LogP contribution in [0, 0.1) is 11.6 Å². The van der Waals surface area contributed by atoms with Crippen LogP contribution in [-0.4, -0.2) is 12.2 Å². The second-order valence-electron chi connectivity index (χ2n) is 3.88. The number of benzene rings is 2. The van der Waals surface area contributed by atoms with Gasteiger partial charge in [0, 0.05) is 6.07 Å². The number of halogens is 2. The van der Waals surface area contributed by atoms with Crippen LogP contribution in [0.4, 0.5) is 8.78 Å². The maximum Gasteiger partial charge on any atom is 0.126 e. The fourth-order valence-electron chi connectivity index (χ4n) is 1.71. The van der Waals surface area contributed by atoms with Crippen LogP contribution in [0.3, 0.4) is 0 Å². The number of ether oxygens (including phenoxy) is 1. The van der Waals surface area contributed by atoms with E-state index in [-0.39, 0.29) is 5.56 Å². The van der Waals surface area contributed by atoms with E-state index in [0.29, 0.717) is 11.3 Å². The summed E-state index contributed by atoms with van der Waals surface area (Å²) in [5.74, 6) is -0.772. The SMILES string of the molecule is COc1ccc(C(O)c2cc(F)cc(F)c2)cc1. The van der Waals surface area contributed by atoms with Gasteiger partial charge < -0.3 is 9.84 Å². The zero-order valence-electron chi connectivity index (χ0n) is 9.73. The van der Waals surface area contributed by atoms with Gasteiger partial charge in [0.15, 0.2) is 0 Å². The quantitative estimate of drug-likeness (QED) is 0.907. The molecule has 0 heterocycles. The molecule has 1 unspecified atom stereocenters. The number of hydrogen-bond donors (Lipinski definition) is 1. The fraction of sp³-hybridized carbons (Fsp3) is 0.143. The summed E-state index contributed by atoms with van der Waals surface area (Å²) in [6, 6.07) is 9.63. The van der Waals surface area contributed by atoms with E-state index in [2.05, 4.69) is 0 Å². The van der Waals surface area contributed by atoms with Crippen molar-refractivity contribution in [3.8, 4) is 5.75 Å². The molecule has 0 fully saturated rings. The third kappa shape index (κ3) is 2.65. The summed E-state index contributed by atoms with van der Waals surface area (Å²) in [5, 5.41) is 10.0. The van der Waals surface area contributed by atoms with Gasteiger partial charge in [-0.3, -0.25) is 0 Å². The first-order chi connectivity index (χ1) is 8.60. The average Bonchev–Trinajstić information content (AvgIpc) is 2.37. The lowest BCUT2D eigenvalue weighted by Gasteiger charge is -2.12. The molecule has 1 atom stereocenters. The summed E-state index contributed by atoms with van der Waals surface area (Å²) in [4.78, 5) is 0. The molecule has 2 rings (SSSR count). The highest BCUT2D eigenvalue weighted by atomic mass is 19.1. The van der Waals surface area contributed by atoms with Crippen LogP contribution in [-0.2, 0) is 0 Å². The molecule has 4 heteroatoms. The molecule has 0 aliphatic rings. The van der Waals surface area contributed by atoms with Crippen LogP contribution in [0.2, 0.25) is 0 Å². The van der Waals surface area contributed by atoms with Crippen LogP contribution in [0.25, 0.3) is 0 Å². The van der Waals surface area contributed by atoms with E-state index < -0.39 is 17.7 Å². The Balaban J connectivity index is 2.31. The normalized spacial score (nSPS) is 12.2. The minimum atomic E-state index is -1.07. The number of methoxy groups -OCH3 is 1. The van der Waals surface area contributed by atoms with Gasteiger partial charge in [0.2, 0.25) is 0 Å². The van der Waals surface area contributed by atoms with Gasteiger partial charge in [0.25, 0.3) is 0 Å². The summed E-state index contributed by atoms with van der Waals surface area (Å²) >= 11 is 0. The van der Waals surface area contributed by atoms with Gasteiger partial charge in [-0.05, 0) is 35.4 Å². The number of rotatable bonds is 3.